The molecule has 0 bridgehead atoms. The summed E-state index contributed by atoms with van der Waals surface area (Å²) < 4.78 is 0. The molecule has 1 N–H and O–H groups in total. The maximum Gasteiger partial charge on any atom is 0.0514 e. The van der Waals surface area contributed by atoms with Crippen LogP contribution in [0.4, 0.5) is 0 Å². The third kappa shape index (κ3) is 12.4. The molecule has 0 aromatic carbocycles. The topological polar surface area (TPSA) is 20.2 Å². The molecule has 110 valence electrons. The SMILES string of the molecule is CCCCCCCC(CCCCCC)C[C@H](C)O. The van der Waals surface area contributed by atoms with Gasteiger partial charge in [-0.25, -0.2) is 0 Å². The third-order valence-corrected chi connectivity index (χ3v) is 3.86. The van der Waals surface area contributed by atoms with Crippen molar-refractivity contribution in [2.45, 2.75) is 104 Å². The minimum Gasteiger partial charge on any atom is -0.393 e. The Balaban J connectivity index is 3.63. The molecular formula is C17H36O. The smallest absolute Gasteiger partial charge is 0.0514 e. The van der Waals surface area contributed by atoms with Crippen LogP contribution < -0.4 is 0 Å². The molecule has 0 aromatic rings. The highest BCUT2D eigenvalue weighted by atomic mass is 16.3. The average Bonchev–Trinajstić information content (AvgIpc) is 2.33. The zero-order valence-electron chi connectivity index (χ0n) is 13.1. The van der Waals surface area contributed by atoms with Gasteiger partial charge in [0.25, 0.3) is 0 Å². The first-order valence-corrected chi connectivity index (χ1v) is 8.38. The maximum absolute atomic E-state index is 9.57. The van der Waals surface area contributed by atoms with Crippen LogP contribution in [0.25, 0.3) is 0 Å². The van der Waals surface area contributed by atoms with Crippen LogP contribution in [0.3, 0.4) is 0 Å². The van der Waals surface area contributed by atoms with E-state index in [-0.39, 0.29) is 6.10 Å². The summed E-state index contributed by atoms with van der Waals surface area (Å²) in [6.45, 7) is 6.47. The molecule has 0 aromatic heterocycles. The summed E-state index contributed by atoms with van der Waals surface area (Å²) in [6.07, 6.45) is 15.9. The Bertz CT molecular complexity index is 154. The van der Waals surface area contributed by atoms with Crippen molar-refractivity contribution in [3.05, 3.63) is 0 Å². The van der Waals surface area contributed by atoms with Crippen LogP contribution in [0.2, 0.25) is 0 Å². The largest absolute Gasteiger partial charge is 0.393 e. The van der Waals surface area contributed by atoms with E-state index in [1.54, 1.807) is 0 Å². The van der Waals surface area contributed by atoms with Crippen molar-refractivity contribution in [1.82, 2.24) is 0 Å². The van der Waals surface area contributed by atoms with Gasteiger partial charge in [-0.1, -0.05) is 84.5 Å². The van der Waals surface area contributed by atoms with Crippen molar-refractivity contribution in [2.24, 2.45) is 5.92 Å². The second-order valence-corrected chi connectivity index (χ2v) is 6.00. The quantitative estimate of drug-likeness (QED) is 0.419. The molecule has 0 aliphatic rings. The van der Waals surface area contributed by atoms with Gasteiger partial charge in [-0.15, -0.1) is 0 Å². The molecule has 18 heavy (non-hydrogen) atoms. The predicted molar refractivity (Wildman–Crippen MR) is 81.9 cm³/mol. The Morgan fingerprint density at radius 2 is 1.17 bits per heavy atom. The van der Waals surface area contributed by atoms with Crippen LogP contribution >= 0.6 is 0 Å². The van der Waals surface area contributed by atoms with E-state index in [9.17, 15) is 5.11 Å². The molecule has 0 rings (SSSR count). The molecular weight excluding hydrogens is 220 g/mol. The molecule has 0 amide bonds. The lowest BCUT2D eigenvalue weighted by atomic mass is 9.90. The predicted octanol–water partition coefficient (Wildman–Crippen LogP) is 5.70. The van der Waals surface area contributed by atoms with E-state index in [1.165, 1.54) is 70.6 Å². The standard InChI is InChI=1S/C17H36O/c1-4-6-8-10-12-14-17(15-16(3)18)13-11-9-7-5-2/h16-18H,4-15H2,1-3H3/t16-,17?/m0/s1. The van der Waals surface area contributed by atoms with Gasteiger partial charge in [0.15, 0.2) is 0 Å². The van der Waals surface area contributed by atoms with Gasteiger partial charge in [-0.3, -0.25) is 0 Å². The van der Waals surface area contributed by atoms with Crippen LogP contribution in [0.5, 0.6) is 0 Å². The lowest BCUT2D eigenvalue weighted by Gasteiger charge is -2.18. The van der Waals surface area contributed by atoms with Crippen LogP contribution in [-0.4, -0.2) is 11.2 Å². The zero-order chi connectivity index (χ0) is 13.6. The summed E-state index contributed by atoms with van der Waals surface area (Å²) in [5.74, 6) is 0.767. The van der Waals surface area contributed by atoms with Gasteiger partial charge in [0.1, 0.15) is 0 Å². The lowest BCUT2D eigenvalue weighted by Crippen LogP contribution is -2.10. The fraction of sp³-hybridized carbons (Fsp3) is 1.00. The fourth-order valence-corrected chi connectivity index (χ4v) is 2.76. The van der Waals surface area contributed by atoms with Crippen LogP contribution in [0, 0.1) is 5.92 Å². The van der Waals surface area contributed by atoms with Crippen LogP contribution in [-0.2, 0) is 0 Å². The fourth-order valence-electron chi connectivity index (χ4n) is 2.76. The molecule has 1 heteroatoms. The Morgan fingerprint density at radius 1 is 0.722 bits per heavy atom. The number of rotatable bonds is 13. The summed E-state index contributed by atoms with van der Waals surface area (Å²) in [7, 11) is 0. The van der Waals surface area contributed by atoms with E-state index in [4.69, 9.17) is 0 Å². The first-order valence-electron chi connectivity index (χ1n) is 8.38. The van der Waals surface area contributed by atoms with Gasteiger partial charge in [-0.2, -0.15) is 0 Å². The Morgan fingerprint density at radius 3 is 1.61 bits per heavy atom. The minimum atomic E-state index is -0.114. The highest BCUT2D eigenvalue weighted by Crippen LogP contribution is 2.23. The second kappa shape index (κ2) is 13.4. The van der Waals surface area contributed by atoms with E-state index in [0.717, 1.165) is 12.3 Å². The highest BCUT2D eigenvalue weighted by Gasteiger charge is 2.11. The number of unbranched alkanes of at least 4 members (excludes halogenated alkanes) is 7. The highest BCUT2D eigenvalue weighted by molar-refractivity contribution is 4.64. The second-order valence-electron chi connectivity index (χ2n) is 6.00. The molecule has 1 unspecified atom stereocenters. The molecule has 0 saturated carbocycles. The van der Waals surface area contributed by atoms with Crippen molar-refractivity contribution in [1.29, 1.82) is 0 Å². The molecule has 1 nitrogen and oxygen atoms in total. The zero-order valence-corrected chi connectivity index (χ0v) is 13.1. The summed E-state index contributed by atoms with van der Waals surface area (Å²) in [4.78, 5) is 0. The summed E-state index contributed by atoms with van der Waals surface area (Å²) in [5.41, 5.74) is 0. The summed E-state index contributed by atoms with van der Waals surface area (Å²) in [6, 6.07) is 0. The molecule has 0 heterocycles. The number of hydrogen-bond donors (Lipinski definition) is 1. The molecule has 0 radical (unpaired) electrons. The summed E-state index contributed by atoms with van der Waals surface area (Å²) in [5, 5.41) is 9.57. The first-order chi connectivity index (χ1) is 8.70. The van der Waals surface area contributed by atoms with Gasteiger partial charge in [-0.05, 0) is 19.3 Å². The van der Waals surface area contributed by atoms with E-state index in [0.29, 0.717) is 0 Å². The van der Waals surface area contributed by atoms with Gasteiger partial charge >= 0.3 is 0 Å². The van der Waals surface area contributed by atoms with Crippen LogP contribution in [0.15, 0.2) is 0 Å². The van der Waals surface area contributed by atoms with Gasteiger partial charge in [0.2, 0.25) is 0 Å². The molecule has 2 atom stereocenters. The average molecular weight is 256 g/mol. The molecule has 0 saturated heterocycles. The van der Waals surface area contributed by atoms with Crippen molar-refractivity contribution in [2.75, 3.05) is 0 Å². The number of aliphatic hydroxyl groups is 1. The Kier molecular flexibility index (Phi) is 13.4. The number of hydrogen-bond acceptors (Lipinski definition) is 1. The van der Waals surface area contributed by atoms with E-state index in [1.807, 2.05) is 6.92 Å². The first kappa shape index (κ1) is 18.0. The minimum absolute atomic E-state index is 0.114. The van der Waals surface area contributed by atoms with Crippen molar-refractivity contribution < 1.29 is 5.11 Å². The van der Waals surface area contributed by atoms with Crippen LogP contribution in [0.1, 0.15) is 97.8 Å². The van der Waals surface area contributed by atoms with Crippen molar-refractivity contribution >= 4 is 0 Å². The normalized spacial score (nSPS) is 14.7. The lowest BCUT2D eigenvalue weighted by molar-refractivity contribution is 0.152. The Labute approximate surface area is 115 Å². The van der Waals surface area contributed by atoms with Gasteiger partial charge < -0.3 is 5.11 Å². The maximum atomic E-state index is 9.57. The van der Waals surface area contributed by atoms with E-state index >= 15 is 0 Å². The molecule has 0 aliphatic heterocycles. The van der Waals surface area contributed by atoms with Gasteiger partial charge in [0, 0.05) is 0 Å². The number of aliphatic hydroxyl groups excluding tert-OH is 1. The third-order valence-electron chi connectivity index (χ3n) is 3.86. The molecule has 0 fully saturated rings. The van der Waals surface area contributed by atoms with Gasteiger partial charge in [0.05, 0.1) is 6.10 Å². The van der Waals surface area contributed by atoms with Crippen molar-refractivity contribution in [3.8, 4) is 0 Å². The Hall–Kier alpha value is -0.0400. The van der Waals surface area contributed by atoms with E-state index < -0.39 is 0 Å². The van der Waals surface area contributed by atoms with Crippen molar-refractivity contribution in [3.63, 3.8) is 0 Å². The summed E-state index contributed by atoms with van der Waals surface area (Å²) >= 11 is 0. The van der Waals surface area contributed by atoms with E-state index in [2.05, 4.69) is 13.8 Å². The molecule has 0 aliphatic carbocycles. The molecule has 0 spiro atoms. The monoisotopic (exact) mass is 256 g/mol.